The molecule has 0 saturated heterocycles. The van der Waals surface area contributed by atoms with Crippen LogP contribution in [0.5, 0.6) is 0 Å². The zero-order chi connectivity index (χ0) is 16.0. The van der Waals surface area contributed by atoms with E-state index in [2.05, 4.69) is 5.32 Å². The van der Waals surface area contributed by atoms with Crippen molar-refractivity contribution in [1.29, 1.82) is 0 Å². The third-order valence-corrected chi connectivity index (χ3v) is 4.62. The molecule has 0 spiro atoms. The Kier molecular flexibility index (Phi) is 5.41. The Morgan fingerprint density at radius 1 is 1.09 bits per heavy atom. The zero-order valence-corrected chi connectivity index (χ0v) is 13.5. The Labute approximate surface area is 134 Å². The highest BCUT2D eigenvalue weighted by molar-refractivity contribution is 8.02. The Balaban J connectivity index is 1.98. The van der Waals surface area contributed by atoms with Crippen molar-refractivity contribution in [3.8, 4) is 0 Å². The lowest BCUT2D eigenvalue weighted by Gasteiger charge is -2.04. The fourth-order valence-corrected chi connectivity index (χ4v) is 2.99. The summed E-state index contributed by atoms with van der Waals surface area (Å²) in [7, 11) is -3.29. The molecule has 0 aromatic heterocycles. The summed E-state index contributed by atoms with van der Waals surface area (Å²) >= 11 is 1.43. The SMILES string of the molecule is CS(=O)(=O)c1cccc(NC(=O)/C=C/Sc2ccccc2)c1. The fourth-order valence-electron chi connectivity index (χ4n) is 1.66. The molecule has 0 aliphatic rings. The summed E-state index contributed by atoms with van der Waals surface area (Å²) in [6.07, 6.45) is 2.54. The number of hydrogen-bond acceptors (Lipinski definition) is 4. The van der Waals surface area contributed by atoms with Crippen molar-refractivity contribution in [3.05, 3.63) is 66.1 Å². The number of thioether (sulfide) groups is 1. The van der Waals surface area contributed by atoms with Crippen LogP contribution < -0.4 is 5.32 Å². The van der Waals surface area contributed by atoms with E-state index in [0.717, 1.165) is 11.2 Å². The van der Waals surface area contributed by atoms with Crippen molar-refractivity contribution in [3.63, 3.8) is 0 Å². The van der Waals surface area contributed by atoms with Gasteiger partial charge < -0.3 is 5.32 Å². The lowest BCUT2D eigenvalue weighted by Crippen LogP contribution is -2.08. The topological polar surface area (TPSA) is 63.2 Å². The molecule has 0 heterocycles. The van der Waals surface area contributed by atoms with E-state index in [1.54, 1.807) is 17.5 Å². The largest absolute Gasteiger partial charge is 0.322 e. The number of rotatable bonds is 5. The van der Waals surface area contributed by atoms with Gasteiger partial charge in [-0.05, 0) is 35.7 Å². The summed E-state index contributed by atoms with van der Waals surface area (Å²) in [5.41, 5.74) is 0.447. The smallest absolute Gasteiger partial charge is 0.248 e. The molecule has 0 fully saturated rings. The number of hydrogen-bond donors (Lipinski definition) is 1. The first-order chi connectivity index (χ1) is 10.4. The van der Waals surface area contributed by atoms with Gasteiger partial charge in [0.1, 0.15) is 0 Å². The van der Waals surface area contributed by atoms with Gasteiger partial charge in [-0.1, -0.05) is 36.0 Å². The predicted octanol–water partition coefficient (Wildman–Crippen LogP) is 3.33. The lowest BCUT2D eigenvalue weighted by molar-refractivity contribution is -0.111. The van der Waals surface area contributed by atoms with Gasteiger partial charge in [-0.2, -0.15) is 0 Å². The van der Waals surface area contributed by atoms with E-state index in [9.17, 15) is 13.2 Å². The van der Waals surface area contributed by atoms with E-state index in [-0.39, 0.29) is 10.8 Å². The van der Waals surface area contributed by atoms with Crippen LogP contribution >= 0.6 is 11.8 Å². The summed E-state index contributed by atoms with van der Waals surface area (Å²) in [5.74, 6) is -0.311. The maximum atomic E-state index is 11.8. The Bertz CT molecular complexity index is 784. The molecule has 1 amide bonds. The van der Waals surface area contributed by atoms with Crippen molar-refractivity contribution in [1.82, 2.24) is 0 Å². The molecule has 114 valence electrons. The maximum Gasteiger partial charge on any atom is 0.248 e. The van der Waals surface area contributed by atoms with E-state index in [1.807, 2.05) is 30.3 Å². The first kappa shape index (κ1) is 16.3. The normalized spacial score (nSPS) is 11.5. The van der Waals surface area contributed by atoms with Crippen molar-refractivity contribution >= 4 is 33.2 Å². The number of nitrogens with one attached hydrogen (secondary N) is 1. The van der Waals surface area contributed by atoms with Crippen molar-refractivity contribution in [2.45, 2.75) is 9.79 Å². The Hall–Kier alpha value is -2.05. The third-order valence-electron chi connectivity index (χ3n) is 2.70. The average Bonchev–Trinajstić information content (AvgIpc) is 2.48. The Morgan fingerprint density at radius 2 is 1.82 bits per heavy atom. The summed E-state index contributed by atoms with van der Waals surface area (Å²) in [5, 5.41) is 4.32. The van der Waals surface area contributed by atoms with E-state index in [4.69, 9.17) is 0 Å². The number of carbonyl (C=O) groups excluding carboxylic acids is 1. The second-order valence-electron chi connectivity index (χ2n) is 4.52. The van der Waals surface area contributed by atoms with Crippen LogP contribution in [-0.4, -0.2) is 20.6 Å². The molecule has 2 aromatic rings. The van der Waals surface area contributed by atoms with Crippen LogP contribution in [0.2, 0.25) is 0 Å². The molecule has 0 unspecified atom stereocenters. The van der Waals surface area contributed by atoms with Gasteiger partial charge in [0.15, 0.2) is 9.84 Å². The van der Waals surface area contributed by atoms with Gasteiger partial charge in [0.25, 0.3) is 0 Å². The van der Waals surface area contributed by atoms with Crippen LogP contribution in [0.4, 0.5) is 5.69 Å². The molecular weight excluding hydrogens is 318 g/mol. The second kappa shape index (κ2) is 7.29. The van der Waals surface area contributed by atoms with Gasteiger partial charge >= 0.3 is 0 Å². The highest BCUT2D eigenvalue weighted by Crippen LogP contribution is 2.18. The lowest BCUT2D eigenvalue weighted by atomic mass is 10.3. The molecule has 0 radical (unpaired) electrons. The first-order valence-corrected chi connectivity index (χ1v) is 9.21. The minimum atomic E-state index is -3.29. The fraction of sp³-hybridized carbons (Fsp3) is 0.0625. The van der Waals surface area contributed by atoms with Crippen molar-refractivity contribution in [2.75, 3.05) is 11.6 Å². The number of amides is 1. The summed E-state index contributed by atoms with van der Waals surface area (Å²) < 4.78 is 22.9. The summed E-state index contributed by atoms with van der Waals surface area (Å²) in [6, 6.07) is 15.8. The van der Waals surface area contributed by atoms with E-state index in [1.165, 1.54) is 30.0 Å². The Morgan fingerprint density at radius 3 is 2.50 bits per heavy atom. The molecule has 6 heteroatoms. The highest BCUT2D eigenvalue weighted by atomic mass is 32.2. The van der Waals surface area contributed by atoms with Gasteiger partial charge in [0, 0.05) is 22.9 Å². The monoisotopic (exact) mass is 333 g/mol. The molecule has 0 aliphatic heterocycles. The van der Waals surface area contributed by atoms with Gasteiger partial charge in [-0.3, -0.25) is 4.79 Å². The van der Waals surface area contributed by atoms with Crippen molar-refractivity contribution in [2.24, 2.45) is 0 Å². The zero-order valence-electron chi connectivity index (χ0n) is 11.9. The van der Waals surface area contributed by atoms with Gasteiger partial charge in [0.2, 0.25) is 5.91 Å². The van der Waals surface area contributed by atoms with E-state index < -0.39 is 9.84 Å². The summed E-state index contributed by atoms with van der Waals surface area (Å²) in [6.45, 7) is 0. The molecule has 4 nitrogen and oxygen atoms in total. The van der Waals surface area contributed by atoms with Gasteiger partial charge in [-0.25, -0.2) is 8.42 Å². The van der Waals surface area contributed by atoms with Crippen LogP contribution in [0.1, 0.15) is 0 Å². The minimum absolute atomic E-state index is 0.174. The van der Waals surface area contributed by atoms with Crippen LogP contribution in [0.15, 0.2) is 75.9 Å². The molecule has 22 heavy (non-hydrogen) atoms. The number of sulfone groups is 1. The standard InChI is InChI=1S/C16H15NO3S2/c1-22(19,20)15-9-5-6-13(12-15)17-16(18)10-11-21-14-7-3-2-4-8-14/h2-12H,1H3,(H,17,18)/b11-10+. The highest BCUT2D eigenvalue weighted by Gasteiger charge is 2.07. The van der Waals surface area contributed by atoms with Crippen LogP contribution in [0.3, 0.4) is 0 Å². The van der Waals surface area contributed by atoms with Crippen molar-refractivity contribution < 1.29 is 13.2 Å². The van der Waals surface area contributed by atoms with Crippen LogP contribution in [0.25, 0.3) is 0 Å². The van der Waals surface area contributed by atoms with E-state index >= 15 is 0 Å². The molecule has 0 saturated carbocycles. The molecular formula is C16H15NO3S2. The molecule has 2 rings (SSSR count). The molecule has 0 bridgehead atoms. The quantitative estimate of drug-likeness (QED) is 0.673. The van der Waals surface area contributed by atoms with Crippen LogP contribution in [-0.2, 0) is 14.6 Å². The van der Waals surface area contributed by atoms with Gasteiger partial charge in [-0.15, -0.1) is 0 Å². The first-order valence-electron chi connectivity index (χ1n) is 6.44. The second-order valence-corrected chi connectivity index (χ2v) is 7.52. The molecule has 0 atom stereocenters. The minimum Gasteiger partial charge on any atom is -0.322 e. The number of anilines is 1. The van der Waals surface area contributed by atoms with Crippen LogP contribution in [0, 0.1) is 0 Å². The van der Waals surface area contributed by atoms with Gasteiger partial charge in [0.05, 0.1) is 4.90 Å². The predicted molar refractivity (Wildman–Crippen MR) is 89.6 cm³/mol. The molecule has 2 aromatic carbocycles. The number of carbonyl (C=O) groups is 1. The van der Waals surface area contributed by atoms with E-state index in [0.29, 0.717) is 5.69 Å². The molecule has 0 aliphatic carbocycles. The third kappa shape index (κ3) is 5.05. The summed E-state index contributed by atoms with van der Waals surface area (Å²) in [4.78, 5) is 13.0. The number of benzene rings is 2. The molecule has 1 N–H and O–H groups in total. The average molecular weight is 333 g/mol. The maximum absolute atomic E-state index is 11.8.